The minimum Gasteiger partial charge on any atom is -0.457 e. The van der Waals surface area contributed by atoms with Gasteiger partial charge in [-0.2, -0.15) is 0 Å². The van der Waals surface area contributed by atoms with E-state index in [1.165, 1.54) is 12.0 Å². The van der Waals surface area contributed by atoms with Gasteiger partial charge in [-0.25, -0.2) is 4.79 Å². The van der Waals surface area contributed by atoms with Crippen LogP contribution in [0.1, 0.15) is 18.4 Å². The van der Waals surface area contributed by atoms with Crippen molar-refractivity contribution in [3.05, 3.63) is 30.1 Å². The third-order valence-electron chi connectivity index (χ3n) is 1.77. The summed E-state index contributed by atoms with van der Waals surface area (Å²) in [6.45, 7) is 1.87. The lowest BCUT2D eigenvalue weighted by Gasteiger charge is -1.99. The second-order valence-electron chi connectivity index (χ2n) is 2.74. The zero-order valence-corrected chi connectivity index (χ0v) is 7.40. The van der Waals surface area contributed by atoms with Gasteiger partial charge < -0.3 is 4.74 Å². The Morgan fingerprint density at radius 3 is 2.77 bits per heavy atom. The molecule has 0 saturated carbocycles. The molecule has 0 N–H and O–H groups in total. The van der Waals surface area contributed by atoms with Crippen LogP contribution in [0, 0.1) is 0 Å². The molecule has 1 radical (unpaired) electrons. The predicted octanol–water partition coefficient (Wildman–Crippen LogP) is 1.49. The molecule has 0 saturated heterocycles. The van der Waals surface area contributed by atoms with E-state index in [1.54, 1.807) is 12.4 Å². The van der Waals surface area contributed by atoms with Crippen LogP contribution in [-0.4, -0.2) is 18.1 Å². The third kappa shape index (κ3) is 4.25. The normalized spacial score (nSPS) is 9.54. The zero-order chi connectivity index (χ0) is 9.36. The standard InChI is InChI=1S/C10H12NO2/c12-9-13-8-2-1-3-10-4-6-11-7-5-10/h4-7H,1-3,8H2. The first-order valence-electron chi connectivity index (χ1n) is 4.31. The van der Waals surface area contributed by atoms with Crippen molar-refractivity contribution < 1.29 is 9.53 Å². The Hall–Kier alpha value is -1.38. The van der Waals surface area contributed by atoms with Crippen molar-refractivity contribution in [2.45, 2.75) is 19.3 Å². The molecule has 0 aliphatic carbocycles. The minimum absolute atomic E-state index is 0.467. The first kappa shape index (κ1) is 9.71. The summed E-state index contributed by atoms with van der Waals surface area (Å²) in [4.78, 5) is 13.6. The summed E-state index contributed by atoms with van der Waals surface area (Å²) in [5.74, 6) is 0. The first-order chi connectivity index (χ1) is 6.43. The van der Waals surface area contributed by atoms with Crippen LogP contribution in [0.5, 0.6) is 0 Å². The molecule has 0 bridgehead atoms. The predicted molar refractivity (Wildman–Crippen MR) is 48.8 cm³/mol. The highest BCUT2D eigenvalue weighted by atomic mass is 16.5. The van der Waals surface area contributed by atoms with Gasteiger partial charge in [-0.1, -0.05) is 0 Å². The van der Waals surface area contributed by atoms with Gasteiger partial charge in [0.25, 0.3) is 0 Å². The second kappa shape index (κ2) is 6.17. The summed E-state index contributed by atoms with van der Waals surface area (Å²) in [5.41, 5.74) is 1.27. The Labute approximate surface area is 77.8 Å². The Morgan fingerprint density at radius 2 is 2.08 bits per heavy atom. The van der Waals surface area contributed by atoms with E-state index in [0.29, 0.717) is 6.61 Å². The Balaban J connectivity index is 2.10. The number of unbranched alkanes of at least 4 members (excludes halogenated alkanes) is 1. The van der Waals surface area contributed by atoms with Crippen molar-refractivity contribution >= 4 is 6.47 Å². The van der Waals surface area contributed by atoms with E-state index >= 15 is 0 Å². The highest BCUT2D eigenvalue weighted by molar-refractivity contribution is 5.37. The molecule has 0 spiro atoms. The van der Waals surface area contributed by atoms with Crippen molar-refractivity contribution in [2.75, 3.05) is 6.61 Å². The van der Waals surface area contributed by atoms with Gasteiger partial charge in [0.2, 0.25) is 0 Å². The molecule has 1 aromatic rings. The SMILES string of the molecule is O=[C]OCCCCc1ccncc1. The van der Waals surface area contributed by atoms with Crippen LogP contribution >= 0.6 is 0 Å². The zero-order valence-electron chi connectivity index (χ0n) is 7.40. The summed E-state index contributed by atoms with van der Waals surface area (Å²) in [6.07, 6.45) is 6.48. The van der Waals surface area contributed by atoms with Crippen molar-refractivity contribution in [1.29, 1.82) is 0 Å². The maximum absolute atomic E-state index is 9.68. The highest BCUT2D eigenvalue weighted by Crippen LogP contribution is 2.02. The molecule has 1 aromatic heterocycles. The molecule has 0 atom stereocenters. The number of pyridine rings is 1. The maximum atomic E-state index is 9.68. The topological polar surface area (TPSA) is 39.2 Å². The quantitative estimate of drug-likeness (QED) is 0.619. The molecule has 13 heavy (non-hydrogen) atoms. The average molecular weight is 178 g/mol. The average Bonchev–Trinajstić information content (AvgIpc) is 2.19. The van der Waals surface area contributed by atoms with Gasteiger partial charge in [0, 0.05) is 12.4 Å². The van der Waals surface area contributed by atoms with Gasteiger partial charge in [0.05, 0.1) is 6.61 Å². The van der Waals surface area contributed by atoms with Crippen LogP contribution in [0.15, 0.2) is 24.5 Å². The number of rotatable bonds is 6. The van der Waals surface area contributed by atoms with Gasteiger partial charge in [-0.3, -0.25) is 4.98 Å². The van der Waals surface area contributed by atoms with Crippen molar-refractivity contribution in [3.63, 3.8) is 0 Å². The van der Waals surface area contributed by atoms with Crippen LogP contribution in [0.3, 0.4) is 0 Å². The van der Waals surface area contributed by atoms with Crippen LogP contribution in [0.4, 0.5) is 0 Å². The molecule has 3 heteroatoms. The van der Waals surface area contributed by atoms with Gasteiger partial charge >= 0.3 is 6.47 Å². The van der Waals surface area contributed by atoms with Crippen LogP contribution in [0.25, 0.3) is 0 Å². The van der Waals surface area contributed by atoms with Crippen LogP contribution in [-0.2, 0) is 16.0 Å². The van der Waals surface area contributed by atoms with Crippen LogP contribution < -0.4 is 0 Å². The van der Waals surface area contributed by atoms with Crippen molar-refractivity contribution in [3.8, 4) is 0 Å². The fraction of sp³-hybridized carbons (Fsp3) is 0.400. The Morgan fingerprint density at radius 1 is 1.31 bits per heavy atom. The monoisotopic (exact) mass is 178 g/mol. The first-order valence-corrected chi connectivity index (χ1v) is 4.31. The van der Waals surface area contributed by atoms with E-state index in [2.05, 4.69) is 9.72 Å². The summed E-state index contributed by atoms with van der Waals surface area (Å²) < 4.78 is 4.45. The Bertz CT molecular complexity index is 236. The molecule has 69 valence electrons. The molecule has 0 amide bonds. The molecule has 0 aliphatic heterocycles. The summed E-state index contributed by atoms with van der Waals surface area (Å²) in [7, 11) is 0. The van der Waals surface area contributed by atoms with Gasteiger partial charge in [0.1, 0.15) is 0 Å². The van der Waals surface area contributed by atoms with Crippen molar-refractivity contribution in [1.82, 2.24) is 4.98 Å². The minimum atomic E-state index is 0.467. The molecule has 0 fully saturated rings. The maximum Gasteiger partial charge on any atom is 0.417 e. The molecule has 0 aliphatic rings. The molecule has 1 heterocycles. The van der Waals surface area contributed by atoms with E-state index < -0.39 is 0 Å². The fourth-order valence-electron chi connectivity index (χ4n) is 1.09. The van der Waals surface area contributed by atoms with E-state index in [0.717, 1.165) is 19.3 Å². The number of hydrogen-bond acceptors (Lipinski definition) is 3. The number of hydrogen-bond donors (Lipinski definition) is 0. The third-order valence-corrected chi connectivity index (χ3v) is 1.77. The lowest BCUT2D eigenvalue weighted by atomic mass is 10.1. The highest BCUT2D eigenvalue weighted by Gasteiger charge is 1.92. The molecule has 0 aromatic carbocycles. The van der Waals surface area contributed by atoms with Gasteiger partial charge in [0.15, 0.2) is 0 Å². The lowest BCUT2D eigenvalue weighted by molar-refractivity contribution is 0.270. The van der Waals surface area contributed by atoms with E-state index in [1.807, 2.05) is 12.1 Å². The number of nitrogens with zero attached hydrogens (tertiary/aromatic N) is 1. The molecular weight excluding hydrogens is 166 g/mol. The molecular formula is C10H12NO2. The molecule has 1 rings (SSSR count). The van der Waals surface area contributed by atoms with Gasteiger partial charge in [-0.05, 0) is 37.0 Å². The number of aromatic nitrogens is 1. The lowest BCUT2D eigenvalue weighted by Crippen LogP contribution is -1.93. The summed E-state index contributed by atoms with van der Waals surface area (Å²) in [6, 6.07) is 3.99. The largest absolute Gasteiger partial charge is 0.457 e. The molecule has 0 unspecified atom stereocenters. The van der Waals surface area contributed by atoms with E-state index in [9.17, 15) is 4.79 Å². The number of aryl methyl sites for hydroxylation is 1. The van der Waals surface area contributed by atoms with E-state index in [-0.39, 0.29) is 0 Å². The Kier molecular flexibility index (Phi) is 4.61. The second-order valence-corrected chi connectivity index (χ2v) is 2.74. The van der Waals surface area contributed by atoms with Gasteiger partial charge in [-0.15, -0.1) is 0 Å². The van der Waals surface area contributed by atoms with E-state index in [4.69, 9.17) is 0 Å². The summed E-state index contributed by atoms with van der Waals surface area (Å²) in [5, 5.41) is 0. The van der Waals surface area contributed by atoms with Crippen molar-refractivity contribution in [2.24, 2.45) is 0 Å². The number of ether oxygens (including phenoxy) is 1. The number of carbonyl (C=O) groups excluding carboxylic acids is 1. The fourth-order valence-corrected chi connectivity index (χ4v) is 1.09. The molecule has 3 nitrogen and oxygen atoms in total. The summed E-state index contributed by atoms with van der Waals surface area (Å²) >= 11 is 0. The smallest absolute Gasteiger partial charge is 0.417 e. The van der Waals surface area contributed by atoms with Crippen LogP contribution in [0.2, 0.25) is 0 Å².